The van der Waals surface area contributed by atoms with Crippen LogP contribution in [0.4, 0.5) is 0 Å². The number of benzene rings is 1. The van der Waals surface area contributed by atoms with Gasteiger partial charge in [0.15, 0.2) is 11.5 Å². The van der Waals surface area contributed by atoms with Crippen LogP contribution in [0.3, 0.4) is 0 Å². The lowest BCUT2D eigenvalue weighted by atomic mass is 10.1. The van der Waals surface area contributed by atoms with Crippen molar-refractivity contribution in [3.63, 3.8) is 0 Å². The molecule has 4 heteroatoms. The van der Waals surface area contributed by atoms with E-state index in [-0.39, 0.29) is 6.04 Å². The maximum atomic E-state index is 5.33. The van der Waals surface area contributed by atoms with Gasteiger partial charge in [-0.15, -0.1) is 5.92 Å². The molecule has 0 radical (unpaired) electrons. The van der Waals surface area contributed by atoms with Crippen LogP contribution in [0.5, 0.6) is 17.2 Å². The second-order valence-corrected chi connectivity index (χ2v) is 3.99. The minimum atomic E-state index is 0.148. The Hall–Kier alpha value is -1.86. The van der Waals surface area contributed by atoms with E-state index in [0.29, 0.717) is 23.8 Å². The van der Waals surface area contributed by atoms with Gasteiger partial charge in [0.25, 0.3) is 0 Å². The van der Waals surface area contributed by atoms with Gasteiger partial charge in [0.1, 0.15) is 0 Å². The molecule has 1 aromatic rings. The van der Waals surface area contributed by atoms with E-state index >= 15 is 0 Å². The molecule has 19 heavy (non-hydrogen) atoms. The Morgan fingerprint density at radius 2 is 1.68 bits per heavy atom. The van der Waals surface area contributed by atoms with Crippen molar-refractivity contribution in [2.75, 3.05) is 27.9 Å². The standard InChI is InChI=1S/C15H21NO3/c1-6-7-8-16-11(2)12-9-13(17-3)15(19-5)14(10-12)18-4/h9-11,16H,8H2,1-5H3. The van der Waals surface area contributed by atoms with Crippen LogP contribution in [0, 0.1) is 11.8 Å². The maximum absolute atomic E-state index is 5.33. The largest absolute Gasteiger partial charge is 0.493 e. The highest BCUT2D eigenvalue weighted by Gasteiger charge is 2.15. The lowest BCUT2D eigenvalue weighted by Crippen LogP contribution is -2.19. The second kappa shape index (κ2) is 7.55. The first kappa shape index (κ1) is 15.2. The third kappa shape index (κ3) is 3.80. The molecule has 0 aliphatic carbocycles. The summed E-state index contributed by atoms with van der Waals surface area (Å²) in [5, 5.41) is 3.31. The molecular formula is C15H21NO3. The van der Waals surface area contributed by atoms with Crippen molar-refractivity contribution in [2.45, 2.75) is 19.9 Å². The normalized spacial score (nSPS) is 11.2. The van der Waals surface area contributed by atoms with Crippen LogP contribution in [0.2, 0.25) is 0 Å². The Balaban J connectivity index is 3.03. The third-order valence-corrected chi connectivity index (χ3v) is 2.86. The molecule has 104 valence electrons. The van der Waals surface area contributed by atoms with Gasteiger partial charge in [0.2, 0.25) is 5.75 Å². The number of hydrogen-bond acceptors (Lipinski definition) is 4. The van der Waals surface area contributed by atoms with Gasteiger partial charge in [-0.2, -0.15) is 0 Å². The summed E-state index contributed by atoms with van der Waals surface area (Å²) in [6, 6.07) is 4.03. The average molecular weight is 263 g/mol. The van der Waals surface area contributed by atoms with Gasteiger partial charge >= 0.3 is 0 Å². The van der Waals surface area contributed by atoms with Crippen molar-refractivity contribution in [2.24, 2.45) is 0 Å². The first-order chi connectivity index (χ1) is 9.17. The van der Waals surface area contributed by atoms with E-state index in [1.54, 1.807) is 21.3 Å². The van der Waals surface area contributed by atoms with Crippen molar-refractivity contribution >= 4 is 0 Å². The number of rotatable bonds is 6. The van der Waals surface area contributed by atoms with Crippen molar-refractivity contribution in [3.8, 4) is 29.1 Å². The summed E-state index contributed by atoms with van der Waals surface area (Å²) in [5.74, 6) is 7.76. The minimum absolute atomic E-state index is 0.148. The summed E-state index contributed by atoms with van der Waals surface area (Å²) in [6.07, 6.45) is 0. The van der Waals surface area contributed by atoms with Crippen LogP contribution in [0.1, 0.15) is 25.5 Å². The molecule has 0 aliphatic heterocycles. The summed E-state index contributed by atoms with van der Waals surface area (Å²) in [5.41, 5.74) is 1.06. The van der Waals surface area contributed by atoms with Crippen molar-refractivity contribution in [1.82, 2.24) is 5.32 Å². The molecule has 0 fully saturated rings. The zero-order valence-corrected chi connectivity index (χ0v) is 12.2. The first-order valence-corrected chi connectivity index (χ1v) is 6.10. The Morgan fingerprint density at radius 1 is 1.11 bits per heavy atom. The first-order valence-electron chi connectivity index (χ1n) is 6.10. The van der Waals surface area contributed by atoms with Gasteiger partial charge in [-0.05, 0) is 31.5 Å². The lowest BCUT2D eigenvalue weighted by Gasteiger charge is -2.18. The molecule has 4 nitrogen and oxygen atoms in total. The van der Waals surface area contributed by atoms with Crippen LogP contribution in [0.25, 0.3) is 0 Å². The highest BCUT2D eigenvalue weighted by Crippen LogP contribution is 2.39. The molecular weight excluding hydrogens is 242 g/mol. The van der Waals surface area contributed by atoms with Crippen molar-refractivity contribution < 1.29 is 14.2 Å². The van der Waals surface area contributed by atoms with E-state index in [9.17, 15) is 0 Å². The summed E-state index contributed by atoms with van der Waals surface area (Å²) in [7, 11) is 4.82. The molecule has 1 atom stereocenters. The topological polar surface area (TPSA) is 39.7 Å². The summed E-state index contributed by atoms with van der Waals surface area (Å²) >= 11 is 0. The summed E-state index contributed by atoms with van der Waals surface area (Å²) in [6.45, 7) is 4.54. The highest BCUT2D eigenvalue weighted by atomic mass is 16.5. The van der Waals surface area contributed by atoms with Gasteiger partial charge in [0.05, 0.1) is 27.9 Å². The Morgan fingerprint density at radius 3 is 2.11 bits per heavy atom. The Labute approximate surface area is 115 Å². The van der Waals surface area contributed by atoms with Gasteiger partial charge < -0.3 is 14.2 Å². The fraction of sp³-hybridized carbons (Fsp3) is 0.467. The number of nitrogens with one attached hydrogen (secondary N) is 1. The molecule has 0 saturated heterocycles. The molecule has 0 aromatic heterocycles. The molecule has 1 unspecified atom stereocenters. The van der Waals surface area contributed by atoms with Crippen LogP contribution in [-0.2, 0) is 0 Å². The van der Waals surface area contributed by atoms with E-state index in [0.717, 1.165) is 5.56 Å². The quantitative estimate of drug-likeness (QED) is 0.800. The zero-order chi connectivity index (χ0) is 14.3. The molecule has 0 aliphatic rings. The van der Waals surface area contributed by atoms with Crippen LogP contribution in [0.15, 0.2) is 12.1 Å². The van der Waals surface area contributed by atoms with Gasteiger partial charge in [0, 0.05) is 6.04 Å². The fourth-order valence-electron chi connectivity index (χ4n) is 1.76. The summed E-state index contributed by atoms with van der Waals surface area (Å²) in [4.78, 5) is 0. The lowest BCUT2D eigenvalue weighted by molar-refractivity contribution is 0.323. The maximum Gasteiger partial charge on any atom is 0.203 e. The molecule has 0 spiro atoms. The van der Waals surface area contributed by atoms with E-state index in [4.69, 9.17) is 14.2 Å². The molecule has 1 aromatic carbocycles. The predicted molar refractivity (Wildman–Crippen MR) is 76.0 cm³/mol. The van der Waals surface area contributed by atoms with E-state index in [1.165, 1.54) is 0 Å². The molecule has 1 rings (SSSR count). The van der Waals surface area contributed by atoms with Crippen molar-refractivity contribution in [3.05, 3.63) is 17.7 Å². The Bertz CT molecular complexity index is 449. The average Bonchev–Trinajstić information content (AvgIpc) is 2.45. The van der Waals surface area contributed by atoms with E-state index in [2.05, 4.69) is 24.1 Å². The SMILES string of the molecule is CC#CCNC(C)c1cc(OC)c(OC)c(OC)c1. The van der Waals surface area contributed by atoms with E-state index < -0.39 is 0 Å². The molecule has 1 N–H and O–H groups in total. The molecule has 0 bridgehead atoms. The van der Waals surface area contributed by atoms with Crippen LogP contribution in [-0.4, -0.2) is 27.9 Å². The summed E-state index contributed by atoms with van der Waals surface area (Å²) < 4.78 is 16.0. The van der Waals surface area contributed by atoms with E-state index in [1.807, 2.05) is 19.1 Å². The number of methoxy groups -OCH3 is 3. The molecule has 0 saturated carbocycles. The van der Waals surface area contributed by atoms with Gasteiger partial charge in [-0.1, -0.05) is 5.92 Å². The third-order valence-electron chi connectivity index (χ3n) is 2.86. The number of ether oxygens (including phenoxy) is 3. The zero-order valence-electron chi connectivity index (χ0n) is 12.2. The van der Waals surface area contributed by atoms with Gasteiger partial charge in [-0.25, -0.2) is 0 Å². The van der Waals surface area contributed by atoms with Crippen LogP contribution >= 0.6 is 0 Å². The minimum Gasteiger partial charge on any atom is -0.493 e. The van der Waals surface area contributed by atoms with Crippen molar-refractivity contribution in [1.29, 1.82) is 0 Å². The highest BCUT2D eigenvalue weighted by molar-refractivity contribution is 5.54. The van der Waals surface area contributed by atoms with Gasteiger partial charge in [-0.3, -0.25) is 5.32 Å². The smallest absolute Gasteiger partial charge is 0.203 e. The molecule has 0 heterocycles. The monoisotopic (exact) mass is 263 g/mol. The second-order valence-electron chi connectivity index (χ2n) is 3.99. The predicted octanol–water partition coefficient (Wildman–Crippen LogP) is 2.39. The number of hydrogen-bond donors (Lipinski definition) is 1. The Kier molecular flexibility index (Phi) is 6.04. The molecule has 0 amide bonds. The van der Waals surface area contributed by atoms with Crippen LogP contribution < -0.4 is 19.5 Å². The fourth-order valence-corrected chi connectivity index (χ4v) is 1.76.